The molecule has 9 nitrogen and oxygen atoms in total. The minimum Gasteiger partial charge on any atom is -0.354 e. The van der Waals surface area contributed by atoms with Gasteiger partial charge in [0.05, 0.1) is 12.1 Å². The van der Waals surface area contributed by atoms with Gasteiger partial charge in [0.1, 0.15) is 12.6 Å². The van der Waals surface area contributed by atoms with Gasteiger partial charge in [-0.1, -0.05) is 32.0 Å². The molecule has 3 N–H and O–H groups in total. The summed E-state index contributed by atoms with van der Waals surface area (Å²) in [6.07, 6.45) is 2.41. The summed E-state index contributed by atoms with van der Waals surface area (Å²) in [5, 5.41) is 10.3. The lowest BCUT2D eigenvalue weighted by atomic mass is 10.1. The van der Waals surface area contributed by atoms with Crippen molar-refractivity contribution in [1.82, 2.24) is 20.5 Å². The number of rotatable bonds is 9. The zero-order valence-electron chi connectivity index (χ0n) is 19.5. The number of hydrogen-bond acceptors (Lipinski definition) is 6. The van der Waals surface area contributed by atoms with Gasteiger partial charge in [-0.05, 0) is 37.3 Å². The molecule has 0 radical (unpaired) electrons. The Morgan fingerprint density at radius 1 is 1.18 bits per heavy atom. The van der Waals surface area contributed by atoms with Crippen LogP contribution in [-0.4, -0.2) is 59.2 Å². The number of thiazole rings is 1. The first-order valence-corrected chi connectivity index (χ1v) is 12.4. The highest BCUT2D eigenvalue weighted by atomic mass is 32.1. The van der Waals surface area contributed by atoms with Gasteiger partial charge in [0.2, 0.25) is 17.7 Å². The van der Waals surface area contributed by atoms with Crippen LogP contribution >= 0.6 is 11.3 Å². The van der Waals surface area contributed by atoms with Crippen LogP contribution in [0.15, 0.2) is 35.7 Å². The summed E-state index contributed by atoms with van der Waals surface area (Å²) in [6.45, 7) is 4.95. The average Bonchev–Trinajstić information content (AvgIpc) is 3.13. The molecule has 1 atom stereocenters. The second-order valence-corrected chi connectivity index (χ2v) is 9.58. The van der Waals surface area contributed by atoms with Crippen LogP contribution in [0, 0.1) is 5.92 Å². The van der Waals surface area contributed by atoms with Crippen molar-refractivity contribution >= 4 is 40.1 Å². The van der Waals surface area contributed by atoms with Crippen molar-refractivity contribution < 1.29 is 19.2 Å². The maximum absolute atomic E-state index is 12.9. The monoisotopic (exact) mass is 485 g/mol. The van der Waals surface area contributed by atoms with Gasteiger partial charge < -0.3 is 20.9 Å². The highest BCUT2D eigenvalue weighted by Gasteiger charge is 2.23. The van der Waals surface area contributed by atoms with E-state index in [1.165, 1.54) is 16.2 Å². The average molecular weight is 486 g/mol. The number of benzene rings is 1. The van der Waals surface area contributed by atoms with Gasteiger partial charge in [0.25, 0.3) is 5.91 Å². The molecule has 0 spiro atoms. The molecule has 2 heterocycles. The minimum atomic E-state index is -0.526. The van der Waals surface area contributed by atoms with E-state index in [0.29, 0.717) is 35.9 Å². The maximum Gasteiger partial charge on any atom is 0.254 e. The molecule has 1 aliphatic heterocycles. The smallest absolute Gasteiger partial charge is 0.254 e. The second-order valence-electron chi connectivity index (χ2n) is 8.72. The molecule has 0 saturated carbocycles. The van der Waals surface area contributed by atoms with Crippen LogP contribution in [0.25, 0.3) is 0 Å². The van der Waals surface area contributed by atoms with Gasteiger partial charge in [0.15, 0.2) is 5.13 Å². The Labute approximate surface area is 203 Å². The summed E-state index contributed by atoms with van der Waals surface area (Å²) in [7, 11) is 0. The molecule has 1 aromatic heterocycles. The molecule has 0 bridgehead atoms. The predicted octanol–water partition coefficient (Wildman–Crippen LogP) is 2.21. The number of nitrogens with zero attached hydrogens (tertiary/aromatic N) is 2. The SMILES string of the molecule is CC(C)CN(CC(=O)Nc1nc(CC(=O)NC2CCCCNC2=O)cs1)C(=O)c1ccccc1. The molecule has 3 rings (SSSR count). The topological polar surface area (TPSA) is 120 Å². The summed E-state index contributed by atoms with van der Waals surface area (Å²) in [5.74, 6) is -0.815. The molecule has 4 amide bonds. The lowest BCUT2D eigenvalue weighted by molar-refractivity contribution is -0.128. The van der Waals surface area contributed by atoms with Crippen LogP contribution in [0.2, 0.25) is 0 Å². The number of hydrogen-bond donors (Lipinski definition) is 3. The summed E-state index contributed by atoms with van der Waals surface area (Å²) in [6, 6.07) is 8.34. The second kappa shape index (κ2) is 12.3. The largest absolute Gasteiger partial charge is 0.354 e. The first-order valence-electron chi connectivity index (χ1n) is 11.5. The van der Waals surface area contributed by atoms with Crippen molar-refractivity contribution in [3.05, 3.63) is 47.0 Å². The van der Waals surface area contributed by atoms with E-state index >= 15 is 0 Å². The van der Waals surface area contributed by atoms with E-state index in [-0.39, 0.29) is 42.5 Å². The Morgan fingerprint density at radius 3 is 2.68 bits per heavy atom. The van der Waals surface area contributed by atoms with Crippen LogP contribution in [0.1, 0.15) is 49.2 Å². The molecule has 1 aromatic carbocycles. The van der Waals surface area contributed by atoms with E-state index in [1.807, 2.05) is 19.9 Å². The molecule has 1 saturated heterocycles. The van der Waals surface area contributed by atoms with E-state index in [1.54, 1.807) is 29.6 Å². The van der Waals surface area contributed by atoms with Crippen LogP contribution in [0.4, 0.5) is 5.13 Å². The van der Waals surface area contributed by atoms with Gasteiger partial charge in [-0.3, -0.25) is 19.2 Å². The molecule has 1 fully saturated rings. The summed E-state index contributed by atoms with van der Waals surface area (Å²) in [4.78, 5) is 55.7. The maximum atomic E-state index is 12.9. The van der Waals surface area contributed by atoms with Crippen molar-refractivity contribution in [1.29, 1.82) is 0 Å². The quantitative estimate of drug-likeness (QED) is 0.503. The third-order valence-electron chi connectivity index (χ3n) is 5.24. The van der Waals surface area contributed by atoms with Crippen molar-refractivity contribution in [3.63, 3.8) is 0 Å². The fourth-order valence-electron chi connectivity index (χ4n) is 3.69. The van der Waals surface area contributed by atoms with Gasteiger partial charge in [-0.15, -0.1) is 11.3 Å². The van der Waals surface area contributed by atoms with E-state index < -0.39 is 6.04 Å². The first-order chi connectivity index (χ1) is 16.3. The molecule has 1 unspecified atom stereocenters. The number of carbonyl (C=O) groups excluding carboxylic acids is 4. The Morgan fingerprint density at radius 2 is 1.94 bits per heavy atom. The van der Waals surface area contributed by atoms with E-state index in [9.17, 15) is 19.2 Å². The summed E-state index contributed by atoms with van der Waals surface area (Å²) in [5.41, 5.74) is 1.03. The van der Waals surface area contributed by atoms with E-state index in [2.05, 4.69) is 20.9 Å². The van der Waals surface area contributed by atoms with E-state index in [4.69, 9.17) is 0 Å². The van der Waals surface area contributed by atoms with Gasteiger partial charge in [-0.2, -0.15) is 0 Å². The number of aromatic nitrogens is 1. The third kappa shape index (κ3) is 7.65. The lowest BCUT2D eigenvalue weighted by Gasteiger charge is -2.24. The standard InChI is InChI=1S/C24H31N5O4S/c1-16(2)13-29(23(33)17-8-4-3-5-9-17)14-21(31)28-24-26-18(15-34-24)12-20(30)27-19-10-6-7-11-25-22(19)32/h3-5,8-9,15-16,19H,6-7,10-14H2,1-2H3,(H,25,32)(H,27,30)(H,26,28,31). The Hall–Kier alpha value is -3.27. The number of anilines is 1. The Balaban J connectivity index is 1.54. The number of amides is 4. The van der Waals surface area contributed by atoms with E-state index in [0.717, 1.165) is 12.8 Å². The molecule has 0 aliphatic carbocycles. The number of nitrogens with one attached hydrogen (secondary N) is 3. The summed E-state index contributed by atoms with van der Waals surface area (Å²) >= 11 is 1.21. The van der Waals surface area contributed by atoms with Crippen molar-refractivity contribution in [3.8, 4) is 0 Å². The van der Waals surface area contributed by atoms with Crippen LogP contribution in [-0.2, 0) is 20.8 Å². The van der Waals surface area contributed by atoms with Gasteiger partial charge in [0, 0.05) is 24.0 Å². The third-order valence-corrected chi connectivity index (χ3v) is 6.04. The molecule has 10 heteroatoms. The van der Waals surface area contributed by atoms with Gasteiger partial charge >= 0.3 is 0 Å². The molecule has 182 valence electrons. The van der Waals surface area contributed by atoms with Gasteiger partial charge in [-0.25, -0.2) is 4.98 Å². The van der Waals surface area contributed by atoms with Crippen LogP contribution < -0.4 is 16.0 Å². The predicted molar refractivity (Wildman–Crippen MR) is 130 cm³/mol. The van der Waals surface area contributed by atoms with Crippen molar-refractivity contribution in [2.75, 3.05) is 25.0 Å². The first kappa shape index (κ1) is 25.4. The van der Waals surface area contributed by atoms with Crippen LogP contribution in [0.3, 0.4) is 0 Å². The van der Waals surface area contributed by atoms with Crippen molar-refractivity contribution in [2.24, 2.45) is 5.92 Å². The Kier molecular flexibility index (Phi) is 9.15. The van der Waals surface area contributed by atoms with Crippen molar-refractivity contribution in [2.45, 2.75) is 45.6 Å². The molecular formula is C24H31N5O4S. The molecule has 1 aliphatic rings. The molecular weight excluding hydrogens is 454 g/mol. The lowest BCUT2D eigenvalue weighted by Crippen LogP contribution is -2.46. The molecule has 2 aromatic rings. The minimum absolute atomic E-state index is 0.0160. The zero-order valence-corrected chi connectivity index (χ0v) is 20.3. The fraction of sp³-hybridized carbons (Fsp3) is 0.458. The molecule has 34 heavy (non-hydrogen) atoms. The summed E-state index contributed by atoms with van der Waals surface area (Å²) < 4.78 is 0. The normalized spacial score (nSPS) is 15.9. The highest BCUT2D eigenvalue weighted by Crippen LogP contribution is 2.17. The highest BCUT2D eigenvalue weighted by molar-refractivity contribution is 7.13. The zero-order chi connectivity index (χ0) is 24.5. The van der Waals surface area contributed by atoms with Crippen LogP contribution in [0.5, 0.6) is 0 Å². The number of carbonyl (C=O) groups is 4. The fourth-order valence-corrected chi connectivity index (χ4v) is 4.41. The Bertz CT molecular complexity index is 1010.